The van der Waals surface area contributed by atoms with Crippen molar-refractivity contribution in [3.05, 3.63) is 33.2 Å². The Morgan fingerprint density at radius 3 is 3.00 bits per heavy atom. The van der Waals surface area contributed by atoms with Crippen LogP contribution in [0.5, 0.6) is 0 Å². The molecule has 78 valence electrons. The van der Waals surface area contributed by atoms with Crippen LogP contribution in [0.4, 0.5) is 0 Å². The zero-order chi connectivity index (χ0) is 11.0. The van der Waals surface area contributed by atoms with Gasteiger partial charge < -0.3 is 4.74 Å². The molecule has 0 bridgehead atoms. The van der Waals surface area contributed by atoms with Crippen molar-refractivity contribution in [2.75, 3.05) is 7.11 Å². The first-order valence-electron chi connectivity index (χ1n) is 4.20. The molecule has 0 fully saturated rings. The fourth-order valence-electron chi connectivity index (χ4n) is 1.21. The van der Waals surface area contributed by atoms with Crippen LogP contribution in [0.3, 0.4) is 0 Å². The molecule has 0 aliphatic rings. The molecular weight excluding hydrogens is 216 g/mol. The van der Waals surface area contributed by atoms with E-state index in [0.717, 1.165) is 11.3 Å². The second-order valence-corrected chi connectivity index (χ2v) is 3.98. The first-order chi connectivity index (χ1) is 7.11. The summed E-state index contributed by atoms with van der Waals surface area (Å²) >= 11 is 1.14. The molecule has 5 nitrogen and oxygen atoms in total. The van der Waals surface area contributed by atoms with E-state index in [2.05, 4.69) is 9.72 Å². The zero-order valence-electron chi connectivity index (χ0n) is 8.18. The molecule has 0 radical (unpaired) electrons. The smallest absolute Gasteiger partial charge is 0.349 e. The van der Waals surface area contributed by atoms with Crippen molar-refractivity contribution in [3.8, 4) is 0 Å². The van der Waals surface area contributed by atoms with Crippen LogP contribution in [0.1, 0.15) is 15.4 Å². The molecule has 15 heavy (non-hydrogen) atoms. The number of thiazole rings is 1. The zero-order valence-corrected chi connectivity index (χ0v) is 9.00. The molecule has 0 atom stereocenters. The summed E-state index contributed by atoms with van der Waals surface area (Å²) in [6.07, 6.45) is 1.45. The van der Waals surface area contributed by atoms with E-state index in [-0.39, 0.29) is 5.56 Å². The van der Waals surface area contributed by atoms with Gasteiger partial charge in [0.2, 0.25) is 0 Å². The van der Waals surface area contributed by atoms with Crippen molar-refractivity contribution in [2.45, 2.75) is 6.92 Å². The highest BCUT2D eigenvalue weighted by atomic mass is 32.1. The quantitative estimate of drug-likeness (QED) is 0.674. The third-order valence-corrected chi connectivity index (χ3v) is 2.84. The monoisotopic (exact) mass is 224 g/mol. The van der Waals surface area contributed by atoms with Crippen LogP contribution in [-0.4, -0.2) is 22.5 Å². The van der Waals surface area contributed by atoms with E-state index < -0.39 is 5.97 Å². The Hall–Kier alpha value is -1.69. The van der Waals surface area contributed by atoms with Crippen molar-refractivity contribution in [3.63, 3.8) is 0 Å². The fourth-order valence-corrected chi connectivity index (χ4v) is 2.16. The molecule has 0 saturated heterocycles. The summed E-state index contributed by atoms with van der Waals surface area (Å²) in [5.74, 6) is -0.456. The highest BCUT2D eigenvalue weighted by Crippen LogP contribution is 2.15. The minimum atomic E-state index is -0.456. The second kappa shape index (κ2) is 3.47. The molecular formula is C9H8N2O3S. The molecule has 0 amide bonds. The van der Waals surface area contributed by atoms with Gasteiger partial charge in [-0.3, -0.25) is 9.20 Å². The first kappa shape index (κ1) is 9.85. The van der Waals surface area contributed by atoms with Crippen molar-refractivity contribution in [2.24, 2.45) is 0 Å². The Kier molecular flexibility index (Phi) is 2.28. The van der Waals surface area contributed by atoms with Gasteiger partial charge in [0.05, 0.1) is 7.11 Å². The molecule has 0 aliphatic carbocycles. The Morgan fingerprint density at radius 1 is 1.60 bits per heavy atom. The number of rotatable bonds is 1. The minimum Gasteiger partial charge on any atom is -0.465 e. The Labute approximate surface area is 89.0 Å². The normalized spacial score (nSPS) is 10.5. The van der Waals surface area contributed by atoms with Crippen LogP contribution in [0, 0.1) is 6.92 Å². The number of nitrogens with zero attached hydrogens (tertiary/aromatic N) is 2. The van der Waals surface area contributed by atoms with E-state index >= 15 is 0 Å². The Bertz CT molecular complexity index is 585. The predicted octanol–water partition coefficient (Wildman–Crippen LogP) is 0.851. The summed E-state index contributed by atoms with van der Waals surface area (Å²) in [6, 6.07) is 1.42. The molecule has 0 aliphatic heterocycles. The lowest BCUT2D eigenvalue weighted by atomic mass is 10.4. The van der Waals surface area contributed by atoms with E-state index in [9.17, 15) is 9.59 Å². The van der Waals surface area contributed by atoms with Crippen molar-refractivity contribution < 1.29 is 9.53 Å². The molecule has 0 N–H and O–H groups in total. The van der Waals surface area contributed by atoms with Gasteiger partial charge in [0.1, 0.15) is 4.88 Å². The van der Waals surface area contributed by atoms with Gasteiger partial charge in [-0.15, -0.1) is 0 Å². The number of aromatic nitrogens is 2. The largest absolute Gasteiger partial charge is 0.465 e. The lowest BCUT2D eigenvalue weighted by Crippen LogP contribution is -2.11. The van der Waals surface area contributed by atoms with E-state index in [4.69, 9.17) is 0 Å². The number of hydrogen-bond acceptors (Lipinski definition) is 5. The van der Waals surface area contributed by atoms with Crippen LogP contribution in [-0.2, 0) is 4.74 Å². The van der Waals surface area contributed by atoms with Crippen LogP contribution in [0.25, 0.3) is 4.96 Å². The number of esters is 1. The number of aryl methyl sites for hydroxylation is 1. The summed E-state index contributed by atoms with van der Waals surface area (Å²) in [4.78, 5) is 27.7. The molecule has 2 heterocycles. The molecule has 0 aromatic carbocycles. The lowest BCUT2D eigenvalue weighted by molar-refractivity contribution is 0.0606. The average molecular weight is 224 g/mol. The SMILES string of the molecule is COC(=O)c1cn2c(=O)cc(C)nc2s1. The van der Waals surface area contributed by atoms with Crippen molar-refractivity contribution >= 4 is 22.3 Å². The number of fused-ring (bicyclic) bond motifs is 1. The molecule has 2 aromatic heterocycles. The Balaban J connectivity index is 2.71. The van der Waals surface area contributed by atoms with Crippen LogP contribution < -0.4 is 5.56 Å². The number of carbonyl (C=O) groups is 1. The van der Waals surface area contributed by atoms with Crippen LogP contribution >= 0.6 is 11.3 Å². The van der Waals surface area contributed by atoms with E-state index in [0.29, 0.717) is 15.5 Å². The van der Waals surface area contributed by atoms with E-state index in [1.165, 1.54) is 23.8 Å². The summed E-state index contributed by atoms with van der Waals surface area (Å²) in [5.41, 5.74) is 0.446. The van der Waals surface area contributed by atoms with Gasteiger partial charge >= 0.3 is 5.97 Å². The number of carbonyl (C=O) groups excluding carboxylic acids is 1. The van der Waals surface area contributed by atoms with Gasteiger partial charge in [-0.2, -0.15) is 0 Å². The number of methoxy groups -OCH3 is 1. The summed E-state index contributed by atoms with van der Waals surface area (Å²) in [5, 5.41) is 0. The predicted molar refractivity (Wildman–Crippen MR) is 55.4 cm³/mol. The van der Waals surface area contributed by atoms with E-state index in [1.54, 1.807) is 6.92 Å². The second-order valence-electron chi connectivity index (χ2n) is 2.98. The number of ether oxygens (including phenoxy) is 1. The summed E-state index contributed by atoms with van der Waals surface area (Å²) in [6.45, 7) is 1.74. The first-order valence-corrected chi connectivity index (χ1v) is 5.01. The van der Waals surface area contributed by atoms with Gasteiger partial charge in [-0.05, 0) is 6.92 Å². The van der Waals surface area contributed by atoms with E-state index in [1.807, 2.05) is 0 Å². The molecule has 0 saturated carbocycles. The van der Waals surface area contributed by atoms with Gasteiger partial charge in [0.25, 0.3) is 5.56 Å². The molecule has 2 aromatic rings. The summed E-state index contributed by atoms with van der Waals surface area (Å²) < 4.78 is 5.90. The molecule has 6 heteroatoms. The van der Waals surface area contributed by atoms with Crippen molar-refractivity contribution in [1.82, 2.24) is 9.38 Å². The lowest BCUT2D eigenvalue weighted by Gasteiger charge is -1.91. The van der Waals surface area contributed by atoms with Crippen LogP contribution in [0.15, 0.2) is 17.1 Å². The highest BCUT2D eigenvalue weighted by molar-refractivity contribution is 7.18. The maximum absolute atomic E-state index is 11.5. The topological polar surface area (TPSA) is 60.7 Å². The molecule has 2 rings (SSSR count). The van der Waals surface area contributed by atoms with Gasteiger partial charge in [-0.25, -0.2) is 9.78 Å². The molecule has 0 unspecified atom stereocenters. The third-order valence-electron chi connectivity index (χ3n) is 1.88. The Morgan fingerprint density at radius 2 is 2.33 bits per heavy atom. The van der Waals surface area contributed by atoms with Crippen LogP contribution in [0.2, 0.25) is 0 Å². The van der Waals surface area contributed by atoms with Gasteiger partial charge in [0.15, 0.2) is 4.96 Å². The number of hydrogen-bond donors (Lipinski definition) is 0. The third kappa shape index (κ3) is 1.63. The van der Waals surface area contributed by atoms with Crippen molar-refractivity contribution in [1.29, 1.82) is 0 Å². The maximum atomic E-state index is 11.5. The molecule has 0 spiro atoms. The fraction of sp³-hybridized carbons (Fsp3) is 0.222. The van der Waals surface area contributed by atoms with Gasteiger partial charge in [0, 0.05) is 18.0 Å². The highest BCUT2D eigenvalue weighted by Gasteiger charge is 2.12. The summed E-state index contributed by atoms with van der Waals surface area (Å²) in [7, 11) is 1.30. The average Bonchev–Trinajstić information content (AvgIpc) is 2.60. The maximum Gasteiger partial charge on any atom is 0.349 e. The standard InChI is InChI=1S/C9H8N2O3S/c1-5-3-7(12)11-4-6(8(13)14-2)15-9(11)10-5/h3-4H,1-2H3. The van der Waals surface area contributed by atoms with Gasteiger partial charge in [-0.1, -0.05) is 11.3 Å². The minimum absolute atomic E-state index is 0.191.